The van der Waals surface area contributed by atoms with Crippen molar-refractivity contribution in [1.29, 1.82) is 0 Å². The highest BCUT2D eigenvalue weighted by atomic mass is 16.2. The van der Waals surface area contributed by atoms with Gasteiger partial charge in [-0.15, -0.1) is 0 Å². The van der Waals surface area contributed by atoms with E-state index < -0.39 is 0 Å². The van der Waals surface area contributed by atoms with Gasteiger partial charge in [0.15, 0.2) is 0 Å². The molecule has 1 aliphatic rings. The summed E-state index contributed by atoms with van der Waals surface area (Å²) in [7, 11) is 0. The average molecular weight is 261 g/mol. The Hall–Kier alpha value is -1.88. The van der Waals surface area contributed by atoms with Crippen LogP contribution in [0.15, 0.2) is 24.3 Å². The minimum absolute atomic E-state index is 0.0426. The zero-order chi connectivity index (χ0) is 14.0. The van der Waals surface area contributed by atoms with Gasteiger partial charge in [0.05, 0.1) is 5.69 Å². The monoisotopic (exact) mass is 261 g/mol. The zero-order valence-electron chi connectivity index (χ0n) is 11.3. The topological polar surface area (TPSA) is 66.6 Å². The first-order valence-corrected chi connectivity index (χ1v) is 6.51. The quantitative estimate of drug-likeness (QED) is 0.900. The minimum Gasteiger partial charge on any atom is -0.326 e. The third-order valence-corrected chi connectivity index (χ3v) is 3.43. The van der Waals surface area contributed by atoms with Crippen molar-refractivity contribution in [3.05, 3.63) is 29.8 Å². The highest BCUT2D eigenvalue weighted by Crippen LogP contribution is 2.24. The van der Waals surface area contributed by atoms with Gasteiger partial charge in [0.1, 0.15) is 0 Å². The predicted octanol–water partition coefficient (Wildman–Crippen LogP) is 1.71. The number of benzene rings is 1. The molecule has 0 spiro atoms. The molecule has 1 aromatic carbocycles. The van der Waals surface area contributed by atoms with Gasteiger partial charge in [-0.3, -0.25) is 4.79 Å². The Morgan fingerprint density at radius 2 is 2.11 bits per heavy atom. The van der Waals surface area contributed by atoms with Crippen LogP contribution < -0.4 is 10.6 Å². The van der Waals surface area contributed by atoms with E-state index in [-0.39, 0.29) is 18.0 Å². The van der Waals surface area contributed by atoms with Crippen LogP contribution in [0.3, 0.4) is 0 Å². The number of urea groups is 1. The maximum absolute atomic E-state index is 12.4. The van der Waals surface area contributed by atoms with Gasteiger partial charge in [-0.1, -0.05) is 12.1 Å². The van der Waals surface area contributed by atoms with Gasteiger partial charge in [0.25, 0.3) is 0 Å². The normalized spacial score (nSPS) is 20.1. The lowest BCUT2D eigenvalue weighted by atomic mass is 10.1. The lowest BCUT2D eigenvalue weighted by Gasteiger charge is -2.38. The largest absolute Gasteiger partial charge is 0.331 e. The SMILES string of the molecule is CCN1C(=O)N(c2cccc(CN)c2)C(=O)CC1C. The summed E-state index contributed by atoms with van der Waals surface area (Å²) >= 11 is 0. The molecule has 19 heavy (non-hydrogen) atoms. The van der Waals surface area contributed by atoms with Crippen molar-refractivity contribution in [3.63, 3.8) is 0 Å². The summed E-state index contributed by atoms with van der Waals surface area (Å²) in [6.45, 7) is 4.80. The Kier molecular flexibility index (Phi) is 3.85. The number of carbonyl (C=O) groups is 2. The lowest BCUT2D eigenvalue weighted by Crippen LogP contribution is -2.56. The number of hydrogen-bond acceptors (Lipinski definition) is 3. The van der Waals surface area contributed by atoms with Gasteiger partial charge >= 0.3 is 6.03 Å². The van der Waals surface area contributed by atoms with Crippen LogP contribution in [0.2, 0.25) is 0 Å². The summed E-state index contributed by atoms with van der Waals surface area (Å²) in [6.07, 6.45) is 0.354. The molecule has 0 radical (unpaired) electrons. The molecule has 0 bridgehead atoms. The molecular weight excluding hydrogens is 242 g/mol. The fraction of sp³-hybridized carbons (Fsp3) is 0.429. The molecule has 1 atom stereocenters. The van der Waals surface area contributed by atoms with Crippen molar-refractivity contribution >= 4 is 17.6 Å². The van der Waals surface area contributed by atoms with E-state index in [9.17, 15) is 9.59 Å². The van der Waals surface area contributed by atoms with E-state index >= 15 is 0 Å². The summed E-state index contributed by atoms with van der Waals surface area (Å²) in [4.78, 5) is 27.5. The zero-order valence-corrected chi connectivity index (χ0v) is 11.3. The molecule has 1 saturated heterocycles. The van der Waals surface area contributed by atoms with Gasteiger partial charge in [-0.05, 0) is 31.5 Å². The molecule has 1 fully saturated rings. The Morgan fingerprint density at radius 3 is 2.74 bits per heavy atom. The first kappa shape index (κ1) is 13.5. The number of nitrogens with zero attached hydrogens (tertiary/aromatic N) is 2. The maximum atomic E-state index is 12.4. The molecule has 1 aliphatic heterocycles. The van der Waals surface area contributed by atoms with Crippen LogP contribution in [-0.2, 0) is 11.3 Å². The second kappa shape index (κ2) is 5.40. The van der Waals surface area contributed by atoms with Gasteiger partial charge in [0, 0.05) is 25.6 Å². The molecule has 2 N–H and O–H groups in total. The summed E-state index contributed by atoms with van der Waals surface area (Å²) in [5.41, 5.74) is 7.10. The number of rotatable bonds is 3. The number of imide groups is 1. The number of nitrogens with two attached hydrogens (primary N) is 1. The van der Waals surface area contributed by atoms with E-state index in [0.717, 1.165) is 5.56 Å². The van der Waals surface area contributed by atoms with E-state index in [2.05, 4.69) is 0 Å². The van der Waals surface area contributed by atoms with Crippen LogP contribution in [0, 0.1) is 0 Å². The molecule has 102 valence electrons. The number of amides is 3. The van der Waals surface area contributed by atoms with Crippen LogP contribution >= 0.6 is 0 Å². The molecule has 0 aromatic heterocycles. The van der Waals surface area contributed by atoms with E-state index in [0.29, 0.717) is 25.2 Å². The van der Waals surface area contributed by atoms with Crippen LogP contribution in [-0.4, -0.2) is 29.4 Å². The summed E-state index contributed by atoms with van der Waals surface area (Å²) < 4.78 is 0. The first-order valence-electron chi connectivity index (χ1n) is 6.51. The van der Waals surface area contributed by atoms with Crippen LogP contribution in [0.5, 0.6) is 0 Å². The Morgan fingerprint density at radius 1 is 1.37 bits per heavy atom. The number of carbonyl (C=O) groups excluding carboxylic acids is 2. The summed E-state index contributed by atoms with van der Waals surface area (Å²) in [5, 5.41) is 0. The van der Waals surface area contributed by atoms with Crippen molar-refractivity contribution in [2.45, 2.75) is 32.9 Å². The highest BCUT2D eigenvalue weighted by molar-refractivity contribution is 6.16. The standard InChI is InChI=1S/C14H19N3O2/c1-3-16-10(2)7-13(18)17(14(16)19)12-6-4-5-11(8-12)9-15/h4-6,8,10H,3,7,9,15H2,1-2H3. The molecular formula is C14H19N3O2. The first-order chi connectivity index (χ1) is 9.08. The molecule has 3 amide bonds. The van der Waals surface area contributed by atoms with Gasteiger partial charge in [0.2, 0.25) is 5.91 Å². The van der Waals surface area contributed by atoms with Gasteiger partial charge < -0.3 is 10.6 Å². The van der Waals surface area contributed by atoms with Gasteiger partial charge in [-0.2, -0.15) is 0 Å². The number of hydrogen-bond donors (Lipinski definition) is 1. The second-order valence-corrected chi connectivity index (χ2v) is 4.72. The van der Waals surface area contributed by atoms with Crippen molar-refractivity contribution in [2.24, 2.45) is 5.73 Å². The highest BCUT2D eigenvalue weighted by Gasteiger charge is 2.36. The number of anilines is 1. The third kappa shape index (κ3) is 2.46. The van der Waals surface area contributed by atoms with Crippen molar-refractivity contribution in [1.82, 2.24) is 4.90 Å². The third-order valence-electron chi connectivity index (χ3n) is 3.43. The summed E-state index contributed by atoms with van der Waals surface area (Å²) in [6, 6.07) is 6.95. The predicted molar refractivity (Wildman–Crippen MR) is 73.7 cm³/mol. The van der Waals surface area contributed by atoms with Crippen molar-refractivity contribution < 1.29 is 9.59 Å². The average Bonchev–Trinajstić information content (AvgIpc) is 2.39. The Bertz CT molecular complexity index is 501. The molecule has 1 aromatic rings. The van der Waals surface area contributed by atoms with E-state index in [1.807, 2.05) is 26.0 Å². The van der Waals surface area contributed by atoms with Gasteiger partial charge in [-0.25, -0.2) is 9.69 Å². The lowest BCUT2D eigenvalue weighted by molar-refractivity contribution is -0.120. The Balaban J connectivity index is 2.36. The smallest absolute Gasteiger partial charge is 0.326 e. The molecule has 1 heterocycles. The Labute approximate surface area is 113 Å². The second-order valence-electron chi connectivity index (χ2n) is 4.72. The molecule has 5 nitrogen and oxygen atoms in total. The van der Waals surface area contributed by atoms with Crippen LogP contribution in [0.25, 0.3) is 0 Å². The molecule has 2 rings (SSSR count). The molecule has 0 saturated carbocycles. The molecule has 1 unspecified atom stereocenters. The van der Waals surface area contributed by atoms with Crippen molar-refractivity contribution in [3.8, 4) is 0 Å². The van der Waals surface area contributed by atoms with E-state index in [4.69, 9.17) is 5.73 Å². The van der Waals surface area contributed by atoms with Crippen LogP contribution in [0.4, 0.5) is 10.5 Å². The fourth-order valence-corrected chi connectivity index (χ4v) is 2.40. The van der Waals surface area contributed by atoms with Crippen molar-refractivity contribution in [2.75, 3.05) is 11.4 Å². The van der Waals surface area contributed by atoms with E-state index in [1.54, 1.807) is 17.0 Å². The fourth-order valence-electron chi connectivity index (χ4n) is 2.40. The van der Waals surface area contributed by atoms with E-state index in [1.165, 1.54) is 4.90 Å². The maximum Gasteiger partial charge on any atom is 0.331 e. The molecule has 0 aliphatic carbocycles. The molecule has 5 heteroatoms. The summed E-state index contributed by atoms with van der Waals surface area (Å²) in [5.74, 6) is -0.156. The minimum atomic E-state index is -0.250. The van der Waals surface area contributed by atoms with Crippen LogP contribution in [0.1, 0.15) is 25.8 Å².